The molecule has 0 heterocycles. The summed E-state index contributed by atoms with van der Waals surface area (Å²) >= 11 is 6.53. The zero-order valence-corrected chi connectivity index (χ0v) is 9.23. The number of ether oxygens (including phenoxy) is 1. The Hall–Kier alpha value is 0.170. The van der Waals surface area contributed by atoms with Crippen LogP contribution in [-0.4, -0.2) is 22.7 Å². The van der Waals surface area contributed by atoms with Gasteiger partial charge < -0.3 is 4.74 Å². The van der Waals surface area contributed by atoms with Gasteiger partial charge in [-0.2, -0.15) is 0 Å². The molecule has 1 atom stereocenters. The first-order chi connectivity index (χ1) is 5.20. The molecule has 0 saturated heterocycles. The quantitative estimate of drug-likeness (QED) is 0.440. The van der Waals surface area contributed by atoms with Crippen LogP contribution in [0.2, 0.25) is 0 Å². The maximum absolute atomic E-state index is 10.9. The molecule has 1 unspecified atom stereocenters. The smallest absolute Gasteiger partial charge is 0.307 e. The fourth-order valence-electron chi connectivity index (χ4n) is 0.446. The highest BCUT2D eigenvalue weighted by atomic mass is 79.9. The van der Waals surface area contributed by atoms with Crippen LogP contribution in [0.3, 0.4) is 0 Å². The minimum absolute atomic E-state index is 0.153. The number of halogens is 2. The van der Waals surface area contributed by atoms with E-state index in [9.17, 15) is 4.79 Å². The molecule has 0 aromatic rings. The van der Waals surface area contributed by atoms with Gasteiger partial charge >= 0.3 is 5.97 Å². The Morgan fingerprint density at radius 2 is 2.36 bits per heavy atom. The van der Waals surface area contributed by atoms with Crippen molar-refractivity contribution in [3.05, 3.63) is 12.7 Å². The van der Waals surface area contributed by atoms with Crippen LogP contribution in [0, 0.1) is 0 Å². The van der Waals surface area contributed by atoms with Crippen molar-refractivity contribution in [3.8, 4) is 0 Å². The highest BCUT2D eigenvalue weighted by Gasteiger charge is 2.09. The van der Waals surface area contributed by atoms with Crippen LogP contribution >= 0.6 is 31.9 Å². The average Bonchev–Trinajstić information content (AvgIpc) is 2.00. The van der Waals surface area contributed by atoms with Crippen LogP contribution in [0.1, 0.15) is 6.42 Å². The molecule has 11 heavy (non-hydrogen) atoms. The Morgan fingerprint density at radius 3 is 2.82 bits per heavy atom. The second-order valence-corrected chi connectivity index (χ2v) is 3.87. The number of rotatable bonds is 5. The van der Waals surface area contributed by atoms with Gasteiger partial charge in [-0.05, 0) is 0 Å². The molecule has 0 aromatic carbocycles. The lowest BCUT2D eigenvalue weighted by Crippen LogP contribution is -2.11. The van der Waals surface area contributed by atoms with Gasteiger partial charge in [0.2, 0.25) is 0 Å². The molecule has 0 rings (SSSR count). The monoisotopic (exact) mass is 284 g/mol. The maximum atomic E-state index is 10.9. The summed E-state index contributed by atoms with van der Waals surface area (Å²) < 4.78 is 4.76. The molecular weight excluding hydrogens is 276 g/mol. The standard InChI is InChI=1S/C7H10Br2O2/c1-2-3-11-7(10)4-6(9)5-8/h2,6H,1,3-5H2. The van der Waals surface area contributed by atoms with E-state index in [1.807, 2.05) is 0 Å². The molecule has 0 aromatic heterocycles. The number of alkyl halides is 2. The predicted octanol–water partition coefficient (Wildman–Crippen LogP) is 2.26. The first-order valence-electron chi connectivity index (χ1n) is 3.17. The Balaban J connectivity index is 3.43. The van der Waals surface area contributed by atoms with E-state index in [4.69, 9.17) is 4.74 Å². The number of hydrogen-bond donors (Lipinski definition) is 0. The zero-order chi connectivity index (χ0) is 8.69. The molecule has 0 aliphatic carbocycles. The summed E-state index contributed by atoms with van der Waals surface area (Å²) in [5.74, 6) is -0.203. The van der Waals surface area contributed by atoms with E-state index in [2.05, 4.69) is 38.4 Å². The van der Waals surface area contributed by atoms with Crippen molar-refractivity contribution in [1.29, 1.82) is 0 Å². The summed E-state index contributed by atoms with van der Waals surface area (Å²) in [6.45, 7) is 3.73. The molecule has 4 heteroatoms. The largest absolute Gasteiger partial charge is 0.461 e. The van der Waals surface area contributed by atoms with Gasteiger partial charge in [-0.25, -0.2) is 0 Å². The Labute approximate surface area is 83.2 Å². The van der Waals surface area contributed by atoms with Crippen LogP contribution in [0.4, 0.5) is 0 Å². The Morgan fingerprint density at radius 1 is 1.73 bits per heavy atom. The van der Waals surface area contributed by atoms with Crippen LogP contribution in [0.15, 0.2) is 12.7 Å². The molecule has 0 amide bonds. The van der Waals surface area contributed by atoms with Gasteiger partial charge in [-0.1, -0.05) is 44.5 Å². The molecule has 0 saturated carbocycles. The summed E-state index contributed by atoms with van der Waals surface area (Å²) in [5.41, 5.74) is 0. The molecule has 0 radical (unpaired) electrons. The lowest BCUT2D eigenvalue weighted by Gasteiger charge is -2.04. The van der Waals surface area contributed by atoms with Crippen molar-refractivity contribution in [2.24, 2.45) is 0 Å². The molecule has 64 valence electrons. The van der Waals surface area contributed by atoms with E-state index in [0.29, 0.717) is 13.0 Å². The van der Waals surface area contributed by atoms with E-state index in [-0.39, 0.29) is 10.8 Å². The minimum atomic E-state index is -0.203. The molecule has 0 bridgehead atoms. The third-order valence-corrected chi connectivity index (χ3v) is 3.22. The summed E-state index contributed by atoms with van der Waals surface area (Å²) in [4.78, 5) is 11.0. The van der Waals surface area contributed by atoms with Crippen molar-refractivity contribution in [3.63, 3.8) is 0 Å². The van der Waals surface area contributed by atoms with E-state index >= 15 is 0 Å². The van der Waals surface area contributed by atoms with Gasteiger partial charge in [0.25, 0.3) is 0 Å². The van der Waals surface area contributed by atoms with Crippen LogP contribution < -0.4 is 0 Å². The van der Waals surface area contributed by atoms with Gasteiger partial charge in [-0.15, -0.1) is 0 Å². The Bertz CT molecular complexity index is 136. The molecule has 0 aliphatic heterocycles. The maximum Gasteiger partial charge on any atom is 0.307 e. The van der Waals surface area contributed by atoms with Crippen molar-refractivity contribution in [2.75, 3.05) is 11.9 Å². The highest BCUT2D eigenvalue weighted by Crippen LogP contribution is 2.08. The minimum Gasteiger partial charge on any atom is -0.461 e. The second-order valence-electron chi connectivity index (χ2n) is 1.93. The van der Waals surface area contributed by atoms with Gasteiger partial charge in [0.05, 0.1) is 6.42 Å². The molecule has 0 N–H and O–H groups in total. The third-order valence-electron chi connectivity index (χ3n) is 0.918. The average molecular weight is 286 g/mol. The SMILES string of the molecule is C=CCOC(=O)CC(Br)CBr. The van der Waals surface area contributed by atoms with Crippen LogP contribution in [0.25, 0.3) is 0 Å². The highest BCUT2D eigenvalue weighted by molar-refractivity contribution is 9.12. The van der Waals surface area contributed by atoms with Gasteiger partial charge in [0, 0.05) is 10.2 Å². The number of hydrogen-bond acceptors (Lipinski definition) is 2. The molecule has 0 spiro atoms. The fourth-order valence-corrected chi connectivity index (χ4v) is 0.939. The lowest BCUT2D eigenvalue weighted by atomic mass is 10.3. The summed E-state index contributed by atoms with van der Waals surface area (Å²) in [7, 11) is 0. The fraction of sp³-hybridized carbons (Fsp3) is 0.571. The topological polar surface area (TPSA) is 26.3 Å². The molecule has 2 nitrogen and oxygen atoms in total. The van der Waals surface area contributed by atoms with Crippen molar-refractivity contribution >= 4 is 37.8 Å². The van der Waals surface area contributed by atoms with Gasteiger partial charge in [0.15, 0.2) is 0 Å². The number of carbonyl (C=O) groups excluding carboxylic acids is 1. The normalized spacial score (nSPS) is 12.2. The summed E-state index contributed by atoms with van der Waals surface area (Å²) in [5, 5.41) is 0.746. The van der Waals surface area contributed by atoms with E-state index in [1.165, 1.54) is 0 Å². The van der Waals surface area contributed by atoms with Crippen molar-refractivity contribution in [1.82, 2.24) is 0 Å². The second kappa shape index (κ2) is 6.85. The summed E-state index contributed by atoms with van der Waals surface area (Å²) in [6.07, 6.45) is 1.94. The van der Waals surface area contributed by atoms with Gasteiger partial charge in [0.1, 0.15) is 6.61 Å². The Kier molecular flexibility index (Phi) is 6.96. The van der Waals surface area contributed by atoms with Crippen LogP contribution in [-0.2, 0) is 9.53 Å². The molecular formula is C7H10Br2O2. The predicted molar refractivity (Wildman–Crippen MR) is 52.3 cm³/mol. The zero-order valence-electron chi connectivity index (χ0n) is 6.06. The van der Waals surface area contributed by atoms with Gasteiger partial charge in [-0.3, -0.25) is 4.79 Å². The molecule has 0 fully saturated rings. The van der Waals surface area contributed by atoms with Crippen molar-refractivity contribution in [2.45, 2.75) is 11.2 Å². The lowest BCUT2D eigenvalue weighted by molar-refractivity contribution is -0.142. The molecule has 0 aliphatic rings. The van der Waals surface area contributed by atoms with E-state index in [1.54, 1.807) is 6.08 Å². The summed E-state index contributed by atoms with van der Waals surface area (Å²) in [6, 6.07) is 0. The van der Waals surface area contributed by atoms with E-state index < -0.39 is 0 Å². The third kappa shape index (κ3) is 6.56. The van der Waals surface area contributed by atoms with Crippen LogP contribution in [0.5, 0.6) is 0 Å². The number of esters is 1. The van der Waals surface area contributed by atoms with Crippen molar-refractivity contribution < 1.29 is 9.53 Å². The number of carbonyl (C=O) groups is 1. The first-order valence-corrected chi connectivity index (χ1v) is 5.21. The first kappa shape index (κ1) is 11.2. The van der Waals surface area contributed by atoms with E-state index in [0.717, 1.165) is 5.33 Å².